The molecular weight excluding hydrogens is 1160 g/mol. The van der Waals surface area contributed by atoms with Crippen LogP contribution in [0.2, 0.25) is 0 Å². The second-order valence-corrected chi connectivity index (χ2v) is 34.6. The van der Waals surface area contributed by atoms with Gasteiger partial charge in [0.25, 0.3) is 0 Å². The van der Waals surface area contributed by atoms with Crippen LogP contribution in [0.25, 0.3) is 0 Å². The number of nitrogens with zero attached hydrogens (tertiary/aromatic N) is 8. The number of piperidine rings is 4. The van der Waals surface area contributed by atoms with E-state index in [-0.39, 0.29) is 67.4 Å². The maximum Gasteiger partial charge on any atom is 0.306 e. The second-order valence-electron chi connectivity index (χ2n) is 34.6. The van der Waals surface area contributed by atoms with Crippen LogP contribution in [-0.2, 0) is 47.8 Å². The molecule has 92 heavy (non-hydrogen) atoms. The van der Waals surface area contributed by atoms with E-state index in [1.54, 1.807) is 19.0 Å². The number of amides is 5. The number of ether oxygens (including phenoxy) is 3. The largest absolute Gasteiger partial charge is 0.469 e. The first kappa shape index (κ1) is 83.9. The summed E-state index contributed by atoms with van der Waals surface area (Å²) in [5.41, 5.74) is 0.392. The third kappa shape index (κ3) is 39.0. The van der Waals surface area contributed by atoms with E-state index in [2.05, 4.69) is 140 Å². The first-order valence-corrected chi connectivity index (χ1v) is 35.1. The number of carbonyl (C=O) groups is 7. The quantitative estimate of drug-likeness (QED) is 0.181. The number of hydrogen-bond acceptors (Lipinski definition) is 14. The van der Waals surface area contributed by atoms with Gasteiger partial charge in [0.2, 0.25) is 29.5 Å². The molecule has 6 saturated heterocycles. The van der Waals surface area contributed by atoms with Gasteiger partial charge in [-0.05, 0) is 89.8 Å². The molecule has 5 amide bonds. The molecule has 19 nitrogen and oxygen atoms in total. The van der Waals surface area contributed by atoms with E-state index < -0.39 is 0 Å². The highest BCUT2D eigenvalue weighted by Gasteiger charge is 2.43. The van der Waals surface area contributed by atoms with Gasteiger partial charge in [-0.15, -0.1) is 0 Å². The Morgan fingerprint density at radius 3 is 1.17 bits per heavy atom. The Bertz CT molecular complexity index is 2250. The molecule has 19 heteroatoms. The minimum absolute atomic E-state index is 0.0402. The Kier molecular flexibility index (Phi) is 35.7. The van der Waals surface area contributed by atoms with Crippen molar-refractivity contribution in [3.8, 4) is 6.07 Å². The molecule has 0 bridgehead atoms. The molecule has 6 heterocycles. The third-order valence-corrected chi connectivity index (χ3v) is 17.1. The van der Waals surface area contributed by atoms with E-state index in [0.717, 1.165) is 156 Å². The van der Waals surface area contributed by atoms with Crippen LogP contribution in [0.1, 0.15) is 227 Å². The van der Waals surface area contributed by atoms with Crippen molar-refractivity contribution in [3.63, 3.8) is 0 Å². The summed E-state index contributed by atoms with van der Waals surface area (Å²) >= 11 is 0. The molecule has 0 aromatic heterocycles. The fraction of sp³-hybridized carbons (Fsp3) is 0.890. The van der Waals surface area contributed by atoms with Gasteiger partial charge in [0.1, 0.15) is 5.78 Å². The molecule has 6 aliphatic heterocycles. The van der Waals surface area contributed by atoms with E-state index in [4.69, 9.17) is 14.7 Å². The second kappa shape index (κ2) is 39.1. The highest BCUT2D eigenvalue weighted by molar-refractivity contribution is 5.83. The van der Waals surface area contributed by atoms with Crippen LogP contribution >= 0.6 is 0 Å². The van der Waals surface area contributed by atoms with E-state index in [1.807, 2.05) is 30.6 Å². The molecule has 7 fully saturated rings. The number of hydrogen-bond donors (Lipinski definition) is 1. The van der Waals surface area contributed by atoms with Crippen molar-refractivity contribution in [2.45, 2.75) is 239 Å². The van der Waals surface area contributed by atoms with Crippen LogP contribution in [-0.4, -0.2) is 227 Å². The highest BCUT2D eigenvalue weighted by atomic mass is 16.5. The number of methoxy groups -OCH3 is 1. The summed E-state index contributed by atoms with van der Waals surface area (Å²) in [5, 5.41) is 12.6. The van der Waals surface area contributed by atoms with Crippen molar-refractivity contribution in [1.82, 2.24) is 39.6 Å². The van der Waals surface area contributed by atoms with Gasteiger partial charge in [-0.25, -0.2) is 0 Å². The standard InChI is InChI=1S/C16H27N3O.C16H30N2O2.C15H28N2O2.C11H19NO2.C8H17NO.C7H14O2/c1-15(2,3)10-14(20)19-8-4-13(5-9-19)18-12-16(11-17)6-7-16;1-16(2,3)12-15(19)18-6-4-14(5-7-18)13-17-8-10-20-11-9-17;1-15(2,3)12-14(18)17-6-4-13(5-7-17)16-8-10-19-11-9-16;1-11(2,3)8-10(14)12-6-4-9(13)5-7-12;1-8(2,3)6-7(10)9(4)5;1-7(2,3)5-6(8)9-4/h13,18H,4-10,12H2,1-3H3;14H,4-13H2,1-3H3;13H,4-12H2,1-3H3;4-8H2,1-3H3;6H2,1-5H3;5H2,1-4H3. The molecule has 0 radical (unpaired) electrons. The summed E-state index contributed by atoms with van der Waals surface area (Å²) < 4.78 is 15.3. The van der Waals surface area contributed by atoms with Gasteiger partial charge >= 0.3 is 5.97 Å². The van der Waals surface area contributed by atoms with Crippen LogP contribution in [0.5, 0.6) is 0 Å². The monoisotopic (exact) mass is 1300 g/mol. The Morgan fingerprint density at radius 2 is 0.859 bits per heavy atom. The molecule has 0 aromatic rings. The molecule has 1 aliphatic carbocycles. The summed E-state index contributed by atoms with van der Waals surface area (Å²) in [5.74, 6) is 2.23. The average molecular weight is 1300 g/mol. The Morgan fingerprint density at radius 1 is 0.511 bits per heavy atom. The fourth-order valence-corrected chi connectivity index (χ4v) is 11.5. The van der Waals surface area contributed by atoms with Crippen LogP contribution < -0.4 is 5.32 Å². The maximum absolute atomic E-state index is 12.2. The first-order chi connectivity index (χ1) is 42.4. The van der Waals surface area contributed by atoms with Gasteiger partial charge < -0.3 is 44.0 Å². The molecule has 0 unspecified atom stereocenters. The molecule has 532 valence electrons. The third-order valence-electron chi connectivity index (χ3n) is 17.1. The SMILES string of the molecule is CC(C)(C)CC(=O)N1CCC(=O)CC1.CC(C)(C)CC(=O)N1CCC(CN2CCOCC2)CC1.CC(C)(C)CC(=O)N1CCC(N2CCOCC2)CC1.CC(C)(C)CC(=O)N1CCC(NCC2(C#N)CC2)CC1.CN(C)C(=O)CC(C)(C)C.COC(=O)CC(C)(C)C. The summed E-state index contributed by atoms with van der Waals surface area (Å²) in [6.07, 6.45) is 13.4. The molecule has 1 saturated carbocycles. The lowest BCUT2D eigenvalue weighted by molar-refractivity contribution is -0.143. The first-order valence-electron chi connectivity index (χ1n) is 35.1. The number of carbonyl (C=O) groups excluding carboxylic acids is 7. The molecule has 7 rings (SSSR count). The normalized spacial score (nSPS) is 19.9. The van der Waals surface area contributed by atoms with Gasteiger partial charge in [0.15, 0.2) is 0 Å². The van der Waals surface area contributed by atoms with Crippen LogP contribution in [0.15, 0.2) is 0 Å². The molecule has 7 aliphatic rings. The van der Waals surface area contributed by atoms with E-state index >= 15 is 0 Å². The van der Waals surface area contributed by atoms with Crippen LogP contribution in [0.4, 0.5) is 0 Å². The van der Waals surface area contributed by atoms with Gasteiger partial charge in [-0.2, -0.15) is 5.26 Å². The zero-order valence-electron chi connectivity index (χ0n) is 62.4. The van der Waals surface area contributed by atoms with Crippen molar-refractivity contribution in [1.29, 1.82) is 5.26 Å². The minimum atomic E-state index is -0.137. The van der Waals surface area contributed by atoms with Crippen molar-refractivity contribution in [2.24, 2.45) is 43.8 Å². The van der Waals surface area contributed by atoms with Gasteiger partial charge in [0.05, 0.1) is 51.4 Å². The smallest absolute Gasteiger partial charge is 0.306 e. The lowest BCUT2D eigenvalue weighted by Gasteiger charge is -2.40. The number of Topliss-reactive ketones (excluding diaryl/α,β-unsaturated/α-hetero) is 1. The predicted molar refractivity (Wildman–Crippen MR) is 369 cm³/mol. The zero-order chi connectivity index (χ0) is 69.9. The number of esters is 1. The predicted octanol–water partition coefficient (Wildman–Crippen LogP) is 10.8. The van der Waals surface area contributed by atoms with E-state index in [1.165, 1.54) is 13.7 Å². The van der Waals surface area contributed by atoms with Gasteiger partial charge in [-0.1, -0.05) is 125 Å². The lowest BCUT2D eigenvalue weighted by Crippen LogP contribution is -2.50. The summed E-state index contributed by atoms with van der Waals surface area (Å²) in [7, 11) is 4.98. The number of nitrogens with one attached hydrogen (secondary N) is 1. The van der Waals surface area contributed by atoms with E-state index in [0.29, 0.717) is 88.4 Å². The molecular formula is C73H135N9O10. The Hall–Kier alpha value is -4.22. The molecule has 0 spiro atoms. The van der Waals surface area contributed by atoms with Crippen LogP contribution in [0, 0.1) is 55.2 Å². The lowest BCUT2D eigenvalue weighted by atomic mass is 9.90. The van der Waals surface area contributed by atoms with Gasteiger partial charge in [-0.3, -0.25) is 43.4 Å². The van der Waals surface area contributed by atoms with Crippen LogP contribution in [0.3, 0.4) is 0 Å². The zero-order valence-corrected chi connectivity index (χ0v) is 62.4. The number of rotatable bonds is 12. The van der Waals surface area contributed by atoms with Crippen molar-refractivity contribution in [2.75, 3.05) is 139 Å². The maximum atomic E-state index is 12.2. The number of morpholine rings is 2. The number of nitriles is 1. The van der Waals surface area contributed by atoms with Crippen molar-refractivity contribution >= 4 is 41.3 Å². The minimum Gasteiger partial charge on any atom is -0.469 e. The molecule has 0 atom stereocenters. The number of ketones is 1. The molecule has 0 aromatic carbocycles. The summed E-state index contributed by atoms with van der Waals surface area (Å²) in [4.78, 5) is 95.6. The average Bonchev–Trinajstić information content (AvgIpc) is 1.67. The Balaban J connectivity index is 0.000000385. The molecule has 1 N–H and O–H groups in total. The summed E-state index contributed by atoms with van der Waals surface area (Å²) in [6, 6.07) is 3.54. The fourth-order valence-electron chi connectivity index (χ4n) is 11.5. The van der Waals surface area contributed by atoms with E-state index in [9.17, 15) is 33.6 Å². The number of likely N-dealkylation sites (tertiary alicyclic amines) is 4. The van der Waals surface area contributed by atoms with Crippen molar-refractivity contribution < 1.29 is 47.8 Å². The van der Waals surface area contributed by atoms with Crippen molar-refractivity contribution in [3.05, 3.63) is 0 Å². The van der Waals surface area contributed by atoms with Gasteiger partial charge in [0, 0.05) is 163 Å². The topological polar surface area (TPSA) is 206 Å². The summed E-state index contributed by atoms with van der Waals surface area (Å²) in [6.45, 7) is 53.9. The highest BCUT2D eigenvalue weighted by Crippen LogP contribution is 2.44. The Labute approximate surface area is 560 Å².